The molecule has 5 atom stereocenters. The first kappa shape index (κ1) is 20.0. The highest BCUT2D eigenvalue weighted by atomic mass is 31.2. The number of hydrogen-bond donors (Lipinski definition) is 4. The van der Waals surface area contributed by atoms with Gasteiger partial charge >= 0.3 is 0 Å². The van der Waals surface area contributed by atoms with Crippen molar-refractivity contribution < 1.29 is 33.9 Å². The molecule has 22 heavy (non-hydrogen) atoms. The minimum absolute atomic E-state index is 0.370. The van der Waals surface area contributed by atoms with E-state index in [-0.39, 0.29) is 0 Å². The summed E-state index contributed by atoms with van der Waals surface area (Å²) < 4.78 is 27.3. The molecule has 1 aliphatic heterocycles. The largest absolute Gasteiger partial charge is 0.394 e. The molecule has 1 aliphatic rings. The van der Waals surface area contributed by atoms with Crippen LogP contribution in [0.2, 0.25) is 0 Å². The second-order valence-corrected chi connectivity index (χ2v) is 8.56. The van der Waals surface area contributed by atoms with Gasteiger partial charge in [-0.2, -0.15) is 0 Å². The monoisotopic (exact) mass is 341 g/mol. The molecule has 0 saturated carbocycles. The van der Waals surface area contributed by atoms with Crippen LogP contribution in [-0.2, 0) is 18.6 Å². The molecule has 5 unspecified atom stereocenters. The summed E-state index contributed by atoms with van der Waals surface area (Å²) in [6.45, 7) is 3.55. The fourth-order valence-electron chi connectivity index (χ4n) is 2.12. The van der Waals surface area contributed by atoms with Crippen LogP contribution in [0.3, 0.4) is 0 Å². The highest BCUT2D eigenvalue weighted by molar-refractivity contribution is 7.57. The van der Waals surface area contributed by atoms with Gasteiger partial charge in [-0.05, 0) is 19.3 Å². The zero-order valence-electron chi connectivity index (χ0n) is 13.1. The molecular formula is C13H28NO7P. The Kier molecular flexibility index (Phi) is 8.45. The lowest BCUT2D eigenvalue weighted by Crippen LogP contribution is -2.62. The molecule has 0 radical (unpaired) electrons. The summed E-state index contributed by atoms with van der Waals surface area (Å²) in [5.74, 6) is 0. The molecule has 1 rings (SSSR count). The third-order valence-electron chi connectivity index (χ3n) is 3.40. The topological polar surface area (TPSA) is 131 Å². The van der Waals surface area contributed by atoms with Gasteiger partial charge in [-0.15, -0.1) is 0 Å². The standard InChI is InChI=1S/C13H28NO7P/c1-22(2,18)20-7-5-3-4-6-19-13-10(14)12(17)11(16)9(8-15)21-13/h9-13,15-17H,3-8,14H2,1-2H3. The van der Waals surface area contributed by atoms with Crippen LogP contribution < -0.4 is 5.73 Å². The summed E-state index contributed by atoms with van der Waals surface area (Å²) in [5.41, 5.74) is 5.75. The fraction of sp³-hybridized carbons (Fsp3) is 1.00. The predicted molar refractivity (Wildman–Crippen MR) is 80.9 cm³/mol. The molecule has 0 spiro atoms. The molecule has 1 saturated heterocycles. The molecule has 9 heteroatoms. The Hall–Kier alpha value is -0.0500. The SMILES string of the molecule is CP(C)(=O)OCCCCCOC1OC(CO)C(O)C(O)C1N. The number of unbranched alkanes of at least 4 members (excludes halogenated alkanes) is 2. The van der Waals surface area contributed by atoms with Crippen LogP contribution in [0, 0.1) is 0 Å². The van der Waals surface area contributed by atoms with E-state index in [2.05, 4.69) is 0 Å². The summed E-state index contributed by atoms with van der Waals surface area (Å²) in [7, 11) is -2.42. The lowest BCUT2D eigenvalue weighted by Gasteiger charge is -2.40. The number of nitrogens with two attached hydrogens (primary N) is 1. The van der Waals surface area contributed by atoms with Crippen molar-refractivity contribution in [3.8, 4) is 0 Å². The molecule has 1 fully saturated rings. The molecule has 0 aromatic carbocycles. The summed E-state index contributed by atoms with van der Waals surface area (Å²) in [6, 6.07) is -0.868. The van der Waals surface area contributed by atoms with Crippen molar-refractivity contribution in [2.24, 2.45) is 5.73 Å². The van der Waals surface area contributed by atoms with Gasteiger partial charge in [0.15, 0.2) is 13.7 Å². The van der Waals surface area contributed by atoms with E-state index in [1.807, 2.05) is 0 Å². The molecule has 1 heterocycles. The van der Waals surface area contributed by atoms with E-state index >= 15 is 0 Å². The average Bonchev–Trinajstić information content (AvgIpc) is 2.45. The summed E-state index contributed by atoms with van der Waals surface area (Å²) in [6.07, 6.45) is -1.86. The molecule has 0 aromatic rings. The van der Waals surface area contributed by atoms with Crippen molar-refractivity contribution in [1.29, 1.82) is 0 Å². The van der Waals surface area contributed by atoms with Gasteiger partial charge in [-0.25, -0.2) is 0 Å². The second kappa shape index (κ2) is 9.30. The van der Waals surface area contributed by atoms with Gasteiger partial charge in [0.2, 0.25) is 0 Å². The molecule has 8 nitrogen and oxygen atoms in total. The van der Waals surface area contributed by atoms with E-state index in [1.54, 1.807) is 13.3 Å². The normalized spacial score (nSPS) is 33.1. The Morgan fingerprint density at radius 1 is 1.14 bits per heavy atom. The quantitative estimate of drug-likeness (QED) is 0.326. The molecular weight excluding hydrogens is 313 g/mol. The highest BCUT2D eigenvalue weighted by Crippen LogP contribution is 2.37. The van der Waals surface area contributed by atoms with Gasteiger partial charge < -0.3 is 35.1 Å². The van der Waals surface area contributed by atoms with Gasteiger partial charge in [0.1, 0.15) is 18.3 Å². The first-order chi connectivity index (χ1) is 10.3. The maximum Gasteiger partial charge on any atom is 0.197 e. The van der Waals surface area contributed by atoms with Crippen molar-refractivity contribution in [3.63, 3.8) is 0 Å². The van der Waals surface area contributed by atoms with E-state index in [4.69, 9.17) is 24.8 Å². The van der Waals surface area contributed by atoms with Crippen molar-refractivity contribution in [2.45, 2.75) is 49.9 Å². The van der Waals surface area contributed by atoms with E-state index < -0.39 is 44.6 Å². The lowest BCUT2D eigenvalue weighted by molar-refractivity contribution is -0.265. The zero-order valence-corrected chi connectivity index (χ0v) is 14.0. The number of aliphatic hydroxyl groups is 3. The molecule has 0 bridgehead atoms. The fourth-order valence-corrected chi connectivity index (χ4v) is 2.69. The summed E-state index contributed by atoms with van der Waals surface area (Å²) >= 11 is 0. The van der Waals surface area contributed by atoms with Crippen molar-refractivity contribution >= 4 is 7.37 Å². The van der Waals surface area contributed by atoms with Crippen LogP contribution in [-0.4, -0.2) is 79.1 Å². The number of rotatable bonds is 9. The van der Waals surface area contributed by atoms with E-state index in [0.29, 0.717) is 13.2 Å². The summed E-state index contributed by atoms with van der Waals surface area (Å²) in [4.78, 5) is 0. The van der Waals surface area contributed by atoms with Crippen LogP contribution in [0.25, 0.3) is 0 Å². The van der Waals surface area contributed by atoms with Gasteiger partial charge in [-0.1, -0.05) is 0 Å². The Labute approximate surface area is 131 Å². The van der Waals surface area contributed by atoms with Gasteiger partial charge in [-0.3, -0.25) is 4.57 Å². The van der Waals surface area contributed by atoms with Crippen LogP contribution in [0.4, 0.5) is 0 Å². The van der Waals surface area contributed by atoms with E-state index in [0.717, 1.165) is 19.3 Å². The molecule has 0 aromatic heterocycles. The molecule has 0 aliphatic carbocycles. The smallest absolute Gasteiger partial charge is 0.197 e. The van der Waals surface area contributed by atoms with Crippen LogP contribution in [0.5, 0.6) is 0 Å². The maximum absolute atomic E-state index is 11.3. The predicted octanol–water partition coefficient (Wildman–Crippen LogP) is -0.506. The number of ether oxygens (including phenoxy) is 2. The van der Waals surface area contributed by atoms with Crippen molar-refractivity contribution in [2.75, 3.05) is 33.2 Å². The van der Waals surface area contributed by atoms with Crippen molar-refractivity contribution in [1.82, 2.24) is 0 Å². The first-order valence-electron chi connectivity index (χ1n) is 7.45. The third kappa shape index (κ3) is 6.60. The van der Waals surface area contributed by atoms with Gasteiger partial charge in [0, 0.05) is 19.9 Å². The Morgan fingerprint density at radius 3 is 2.36 bits per heavy atom. The van der Waals surface area contributed by atoms with Crippen molar-refractivity contribution in [3.05, 3.63) is 0 Å². The number of aliphatic hydroxyl groups excluding tert-OH is 3. The molecule has 132 valence electrons. The zero-order chi connectivity index (χ0) is 16.8. The van der Waals surface area contributed by atoms with Crippen LogP contribution in [0.1, 0.15) is 19.3 Å². The van der Waals surface area contributed by atoms with E-state index in [1.165, 1.54) is 0 Å². The highest BCUT2D eigenvalue weighted by Gasteiger charge is 2.42. The third-order valence-corrected chi connectivity index (χ3v) is 4.21. The minimum atomic E-state index is -2.42. The van der Waals surface area contributed by atoms with E-state index in [9.17, 15) is 14.8 Å². The Balaban J connectivity index is 2.20. The first-order valence-corrected chi connectivity index (χ1v) is 9.97. The Bertz CT molecular complexity index is 362. The second-order valence-electron chi connectivity index (χ2n) is 5.80. The summed E-state index contributed by atoms with van der Waals surface area (Å²) in [5, 5.41) is 28.5. The van der Waals surface area contributed by atoms with Gasteiger partial charge in [0.05, 0.1) is 19.3 Å². The lowest BCUT2D eigenvalue weighted by atomic mass is 9.98. The average molecular weight is 341 g/mol. The number of hydrogen-bond acceptors (Lipinski definition) is 8. The molecule has 5 N–H and O–H groups in total. The van der Waals surface area contributed by atoms with Crippen LogP contribution in [0.15, 0.2) is 0 Å². The van der Waals surface area contributed by atoms with Crippen LogP contribution >= 0.6 is 7.37 Å². The minimum Gasteiger partial charge on any atom is -0.394 e. The molecule has 0 amide bonds. The Morgan fingerprint density at radius 2 is 1.77 bits per heavy atom. The maximum atomic E-state index is 11.3. The van der Waals surface area contributed by atoms with Gasteiger partial charge in [0.25, 0.3) is 0 Å².